The number of hydrogen-bond acceptors (Lipinski definition) is 4. The Kier molecular flexibility index (Phi) is 8.65. The smallest absolute Gasteiger partial charge is 0.318 e. The van der Waals surface area contributed by atoms with Gasteiger partial charge in [-0.05, 0) is 24.1 Å². The summed E-state index contributed by atoms with van der Waals surface area (Å²) in [4.78, 5) is 27.4. The van der Waals surface area contributed by atoms with E-state index in [0.717, 1.165) is 22.5 Å². The van der Waals surface area contributed by atoms with Crippen molar-refractivity contribution in [3.05, 3.63) is 77.5 Å². The second-order valence-corrected chi connectivity index (χ2v) is 9.47. The van der Waals surface area contributed by atoms with Gasteiger partial charge in [0.2, 0.25) is 5.91 Å². The topological polar surface area (TPSA) is 88.5 Å². The molecule has 0 aliphatic rings. The molecule has 3 rings (SSSR count). The largest absolute Gasteiger partial charge is 0.383 e. The summed E-state index contributed by atoms with van der Waals surface area (Å²) in [5.41, 5.74) is 3.56. The highest BCUT2D eigenvalue weighted by Gasteiger charge is 2.23. The van der Waals surface area contributed by atoms with Gasteiger partial charge in [0.05, 0.1) is 18.0 Å². The van der Waals surface area contributed by atoms with Crippen molar-refractivity contribution in [1.29, 1.82) is 0 Å². The van der Waals surface area contributed by atoms with E-state index >= 15 is 0 Å². The highest BCUT2D eigenvalue weighted by molar-refractivity contribution is 5.94. The van der Waals surface area contributed by atoms with Gasteiger partial charge in [-0.1, -0.05) is 69.3 Å². The Labute approximate surface area is 207 Å². The van der Waals surface area contributed by atoms with E-state index in [4.69, 9.17) is 9.84 Å². The molecule has 1 heterocycles. The van der Waals surface area contributed by atoms with Crippen molar-refractivity contribution in [2.45, 2.75) is 39.7 Å². The molecular formula is C27H35N5O3. The first-order chi connectivity index (χ1) is 16.7. The van der Waals surface area contributed by atoms with Crippen molar-refractivity contribution in [3.63, 3.8) is 0 Å². The lowest BCUT2D eigenvalue weighted by Crippen LogP contribution is -2.45. The van der Waals surface area contributed by atoms with Crippen LogP contribution in [0.3, 0.4) is 0 Å². The van der Waals surface area contributed by atoms with Crippen molar-refractivity contribution in [3.8, 4) is 5.69 Å². The first kappa shape index (κ1) is 26.0. The maximum atomic E-state index is 13.1. The molecule has 0 radical (unpaired) electrons. The lowest BCUT2D eigenvalue weighted by atomic mass is 9.92. The van der Waals surface area contributed by atoms with Gasteiger partial charge in [-0.2, -0.15) is 5.10 Å². The van der Waals surface area contributed by atoms with Crippen molar-refractivity contribution < 1.29 is 14.3 Å². The standard InChI is InChI=1S/C27H35N5O3/c1-20-11-9-10-14-22(20)32-24(17-23(30-32)27(2,3)4)29-25(33)19-31(15-16-35-5)26(34)28-18-21-12-7-6-8-13-21/h6-14,17H,15-16,18-19H2,1-5H3,(H,28,34)(H,29,33). The minimum Gasteiger partial charge on any atom is -0.383 e. The zero-order valence-corrected chi connectivity index (χ0v) is 21.2. The molecular weight excluding hydrogens is 442 g/mol. The van der Waals surface area contributed by atoms with Gasteiger partial charge < -0.3 is 20.3 Å². The average Bonchev–Trinajstić information content (AvgIpc) is 3.25. The highest BCUT2D eigenvalue weighted by Crippen LogP contribution is 2.27. The summed E-state index contributed by atoms with van der Waals surface area (Å²) in [6, 6.07) is 19.1. The number of carbonyl (C=O) groups is 2. The molecule has 0 atom stereocenters. The van der Waals surface area contributed by atoms with Crippen LogP contribution < -0.4 is 10.6 Å². The Balaban J connectivity index is 1.76. The van der Waals surface area contributed by atoms with Crippen LogP contribution >= 0.6 is 0 Å². The minimum absolute atomic E-state index is 0.117. The summed E-state index contributed by atoms with van der Waals surface area (Å²) in [6.45, 7) is 9.10. The quantitative estimate of drug-likeness (QED) is 0.482. The van der Waals surface area contributed by atoms with E-state index in [1.165, 1.54) is 4.90 Å². The molecule has 0 saturated carbocycles. The number of ether oxygens (including phenoxy) is 1. The zero-order chi connectivity index (χ0) is 25.4. The first-order valence-corrected chi connectivity index (χ1v) is 11.7. The highest BCUT2D eigenvalue weighted by atomic mass is 16.5. The maximum absolute atomic E-state index is 13.1. The summed E-state index contributed by atoms with van der Waals surface area (Å²) in [7, 11) is 1.56. The fourth-order valence-corrected chi connectivity index (χ4v) is 3.52. The van der Waals surface area contributed by atoms with Gasteiger partial charge in [-0.3, -0.25) is 4.79 Å². The van der Waals surface area contributed by atoms with Crippen LogP contribution in [-0.2, 0) is 21.5 Å². The first-order valence-electron chi connectivity index (χ1n) is 11.7. The summed E-state index contributed by atoms with van der Waals surface area (Å²) < 4.78 is 6.90. The Bertz CT molecular complexity index is 1140. The number of methoxy groups -OCH3 is 1. The van der Waals surface area contributed by atoms with Crippen molar-refractivity contribution >= 4 is 17.8 Å². The lowest BCUT2D eigenvalue weighted by molar-refractivity contribution is -0.116. The molecule has 3 aromatic rings. The van der Waals surface area contributed by atoms with Gasteiger partial charge >= 0.3 is 6.03 Å². The van der Waals surface area contributed by atoms with Gasteiger partial charge in [0, 0.05) is 31.7 Å². The van der Waals surface area contributed by atoms with E-state index in [9.17, 15) is 9.59 Å². The minimum atomic E-state index is -0.330. The van der Waals surface area contributed by atoms with Crippen LogP contribution in [0.1, 0.15) is 37.6 Å². The van der Waals surface area contributed by atoms with E-state index in [2.05, 4.69) is 31.4 Å². The number of nitrogens with zero attached hydrogens (tertiary/aromatic N) is 3. The monoisotopic (exact) mass is 477 g/mol. The van der Waals surface area contributed by atoms with E-state index in [0.29, 0.717) is 19.0 Å². The Morgan fingerprint density at radius 1 is 1.06 bits per heavy atom. The average molecular weight is 478 g/mol. The van der Waals surface area contributed by atoms with Gasteiger partial charge in [-0.15, -0.1) is 0 Å². The second-order valence-electron chi connectivity index (χ2n) is 9.47. The number of aryl methyl sites for hydroxylation is 1. The number of anilines is 1. The number of hydrogen-bond donors (Lipinski definition) is 2. The normalized spacial score (nSPS) is 11.2. The molecule has 0 spiro atoms. The second kappa shape index (κ2) is 11.7. The molecule has 2 N–H and O–H groups in total. The van der Waals surface area contributed by atoms with E-state index < -0.39 is 0 Å². The number of rotatable bonds is 9. The molecule has 0 saturated heterocycles. The van der Waals surface area contributed by atoms with Crippen molar-refractivity contribution in [1.82, 2.24) is 20.0 Å². The van der Waals surface area contributed by atoms with Crippen LogP contribution in [-0.4, -0.2) is 53.4 Å². The number of para-hydroxylation sites is 1. The summed E-state index contributed by atoms with van der Waals surface area (Å²) in [5, 5.41) is 10.6. The lowest BCUT2D eigenvalue weighted by Gasteiger charge is -2.22. The number of carbonyl (C=O) groups excluding carboxylic acids is 2. The fraction of sp³-hybridized carbons (Fsp3) is 0.370. The number of urea groups is 1. The summed E-state index contributed by atoms with van der Waals surface area (Å²) in [6.07, 6.45) is 0. The molecule has 0 fully saturated rings. The number of benzene rings is 2. The van der Waals surface area contributed by atoms with Crippen LogP contribution in [0.5, 0.6) is 0 Å². The van der Waals surface area contributed by atoms with Crippen LogP contribution in [0.4, 0.5) is 10.6 Å². The summed E-state index contributed by atoms with van der Waals surface area (Å²) >= 11 is 0. The zero-order valence-electron chi connectivity index (χ0n) is 21.2. The van der Waals surface area contributed by atoms with Gasteiger partial charge in [-0.25, -0.2) is 9.48 Å². The predicted molar refractivity (Wildman–Crippen MR) is 138 cm³/mol. The molecule has 0 aliphatic heterocycles. The Morgan fingerprint density at radius 3 is 2.40 bits per heavy atom. The van der Waals surface area contributed by atoms with Crippen LogP contribution in [0.25, 0.3) is 5.69 Å². The maximum Gasteiger partial charge on any atom is 0.318 e. The third kappa shape index (κ3) is 7.16. The molecule has 2 aromatic carbocycles. The predicted octanol–water partition coefficient (Wildman–Crippen LogP) is 4.27. The summed E-state index contributed by atoms with van der Waals surface area (Å²) in [5.74, 6) is 0.247. The van der Waals surface area contributed by atoms with E-state index in [-0.39, 0.29) is 30.4 Å². The van der Waals surface area contributed by atoms with Crippen LogP contribution in [0.2, 0.25) is 0 Å². The number of aromatic nitrogens is 2. The third-order valence-corrected chi connectivity index (χ3v) is 5.56. The molecule has 1 aromatic heterocycles. The molecule has 8 nitrogen and oxygen atoms in total. The molecule has 0 bridgehead atoms. The van der Waals surface area contributed by atoms with Gasteiger partial charge in [0.25, 0.3) is 0 Å². The van der Waals surface area contributed by atoms with Crippen LogP contribution in [0, 0.1) is 6.92 Å². The van der Waals surface area contributed by atoms with Gasteiger partial charge in [0.1, 0.15) is 12.4 Å². The van der Waals surface area contributed by atoms with Crippen molar-refractivity contribution in [2.75, 3.05) is 32.1 Å². The SMILES string of the molecule is COCCN(CC(=O)Nc1cc(C(C)(C)C)nn1-c1ccccc1C)C(=O)NCc1ccccc1. The molecule has 35 heavy (non-hydrogen) atoms. The molecule has 8 heteroatoms. The van der Waals surface area contributed by atoms with Crippen LogP contribution in [0.15, 0.2) is 60.7 Å². The number of nitrogens with one attached hydrogen (secondary N) is 2. The molecule has 3 amide bonds. The molecule has 0 unspecified atom stereocenters. The fourth-order valence-electron chi connectivity index (χ4n) is 3.52. The van der Waals surface area contributed by atoms with Crippen molar-refractivity contribution in [2.24, 2.45) is 0 Å². The Morgan fingerprint density at radius 2 is 1.74 bits per heavy atom. The number of amides is 3. The molecule has 186 valence electrons. The Hall–Kier alpha value is -3.65. The van der Waals surface area contributed by atoms with E-state index in [1.54, 1.807) is 11.8 Å². The third-order valence-electron chi connectivity index (χ3n) is 5.56. The molecule has 0 aliphatic carbocycles. The van der Waals surface area contributed by atoms with E-state index in [1.807, 2.05) is 67.6 Å². The van der Waals surface area contributed by atoms with Gasteiger partial charge in [0.15, 0.2) is 0 Å².